The van der Waals surface area contributed by atoms with Crippen molar-refractivity contribution in [2.75, 3.05) is 6.61 Å². The molecular weight excluding hydrogens is 604 g/mol. The molecular formula is C37H50O10. The summed E-state index contributed by atoms with van der Waals surface area (Å²) in [6, 6.07) is 8.65. The number of carbonyl (C=O) groups excluding carboxylic acids is 1. The zero-order valence-electron chi connectivity index (χ0n) is 27.8. The SMILES string of the molecule is C=C(C)[C@@]12C[C@@H](C)[C@@]34OC5(O[C@@H]1[C@@H]3[C@@H]1O[C@]1(CO)[C@@H](O)[C@@]1(O)[C@H]4[C@H]([C@H](C)[C@@H]1OC(=O)c1ccccc1)[C@H](C)CCCCCC[C@H]5O)O2. The van der Waals surface area contributed by atoms with Gasteiger partial charge in [-0.15, -0.1) is 0 Å². The highest BCUT2D eigenvalue weighted by molar-refractivity contribution is 5.89. The number of fused-ring (bicyclic) bond motifs is 1. The van der Waals surface area contributed by atoms with Gasteiger partial charge in [-0.2, -0.15) is 0 Å². The minimum atomic E-state index is -2.09. The molecule has 4 N–H and O–H groups in total. The molecule has 0 aromatic heterocycles. The Labute approximate surface area is 276 Å². The summed E-state index contributed by atoms with van der Waals surface area (Å²) in [5, 5.41) is 48.9. The molecule has 1 aromatic carbocycles. The topological polar surface area (TPSA) is 147 Å². The predicted molar refractivity (Wildman–Crippen MR) is 168 cm³/mol. The highest BCUT2D eigenvalue weighted by Crippen LogP contribution is 2.75. The van der Waals surface area contributed by atoms with Crippen LogP contribution in [0.15, 0.2) is 42.5 Å². The Morgan fingerprint density at radius 1 is 1.00 bits per heavy atom. The minimum absolute atomic E-state index is 0.0521. The van der Waals surface area contributed by atoms with Gasteiger partial charge in [0, 0.05) is 11.8 Å². The second-order valence-corrected chi connectivity index (χ2v) is 16.0. The number of benzene rings is 1. The van der Waals surface area contributed by atoms with E-state index in [0.717, 1.165) is 37.7 Å². The third-order valence-electron chi connectivity index (χ3n) is 13.7. The Morgan fingerprint density at radius 3 is 2.38 bits per heavy atom. The Balaban J connectivity index is 1.37. The highest BCUT2D eigenvalue weighted by Gasteiger charge is 2.90. The third-order valence-corrected chi connectivity index (χ3v) is 13.7. The second-order valence-electron chi connectivity index (χ2n) is 16.0. The molecule has 0 amide bonds. The first-order chi connectivity index (χ1) is 22.3. The molecule has 1 unspecified atom stereocenters. The van der Waals surface area contributed by atoms with E-state index in [4.69, 9.17) is 23.7 Å². The van der Waals surface area contributed by atoms with Crippen molar-refractivity contribution in [3.8, 4) is 0 Å². The Kier molecular flexibility index (Phi) is 7.26. The zero-order chi connectivity index (χ0) is 33.3. The summed E-state index contributed by atoms with van der Waals surface area (Å²) in [6.07, 6.45) is 0.0237. The van der Waals surface area contributed by atoms with Crippen molar-refractivity contribution in [1.29, 1.82) is 0 Å². The van der Waals surface area contributed by atoms with E-state index in [1.807, 2.05) is 19.9 Å². The van der Waals surface area contributed by atoms with Crippen LogP contribution in [-0.4, -0.2) is 91.9 Å². The second kappa shape index (κ2) is 10.6. The molecule has 1 aromatic rings. The molecule has 0 radical (unpaired) electrons. The molecule has 3 bridgehead atoms. The summed E-state index contributed by atoms with van der Waals surface area (Å²) in [4.78, 5) is 13.8. The van der Waals surface area contributed by atoms with Crippen LogP contribution in [0, 0.1) is 35.5 Å². The molecule has 8 rings (SSSR count). The van der Waals surface area contributed by atoms with Crippen molar-refractivity contribution in [3.05, 3.63) is 48.0 Å². The monoisotopic (exact) mass is 654 g/mol. The Morgan fingerprint density at radius 2 is 1.70 bits per heavy atom. The van der Waals surface area contributed by atoms with Gasteiger partial charge < -0.3 is 44.1 Å². The molecule has 3 aliphatic carbocycles. The van der Waals surface area contributed by atoms with Crippen LogP contribution in [-0.2, 0) is 23.7 Å². The average Bonchev–Trinajstić information content (AvgIpc) is 3.69. The summed E-state index contributed by atoms with van der Waals surface area (Å²) in [5.74, 6) is -4.73. The normalized spacial score (nSPS) is 54.3. The first kappa shape index (κ1) is 32.3. The van der Waals surface area contributed by atoms with E-state index in [9.17, 15) is 25.2 Å². The lowest BCUT2D eigenvalue weighted by molar-refractivity contribution is -0.458. The van der Waals surface area contributed by atoms with Gasteiger partial charge in [-0.05, 0) is 61.1 Å². The summed E-state index contributed by atoms with van der Waals surface area (Å²) in [6.45, 7) is 11.9. The molecule has 258 valence electrons. The summed E-state index contributed by atoms with van der Waals surface area (Å²) in [5.41, 5.74) is -4.83. The zero-order valence-corrected chi connectivity index (χ0v) is 27.8. The lowest BCUT2D eigenvalue weighted by Crippen LogP contribution is -2.74. The van der Waals surface area contributed by atoms with E-state index in [1.165, 1.54) is 0 Å². The fraction of sp³-hybridized carbons (Fsp3) is 0.757. The molecule has 16 atom stereocenters. The van der Waals surface area contributed by atoms with Crippen LogP contribution in [0.1, 0.15) is 83.0 Å². The molecule has 3 saturated carbocycles. The molecule has 47 heavy (non-hydrogen) atoms. The third kappa shape index (κ3) is 3.93. The maximum Gasteiger partial charge on any atom is 0.338 e. The summed E-state index contributed by atoms with van der Waals surface area (Å²) in [7, 11) is 0. The predicted octanol–water partition coefficient (Wildman–Crippen LogP) is 3.49. The lowest BCUT2D eigenvalue weighted by Gasteiger charge is -2.62. The lowest BCUT2D eigenvalue weighted by atomic mass is 9.51. The maximum atomic E-state index is 13.8. The number of aliphatic hydroxyl groups is 4. The van der Waals surface area contributed by atoms with Crippen molar-refractivity contribution in [3.63, 3.8) is 0 Å². The van der Waals surface area contributed by atoms with Crippen LogP contribution in [0.5, 0.6) is 0 Å². The number of hydrogen-bond donors (Lipinski definition) is 4. The van der Waals surface area contributed by atoms with Crippen LogP contribution in [0.4, 0.5) is 0 Å². The van der Waals surface area contributed by atoms with Gasteiger partial charge in [0.25, 0.3) is 0 Å². The van der Waals surface area contributed by atoms with Gasteiger partial charge in [0.05, 0.1) is 17.8 Å². The summed E-state index contributed by atoms with van der Waals surface area (Å²) >= 11 is 0. The van der Waals surface area contributed by atoms with Gasteiger partial charge in [-0.1, -0.05) is 77.7 Å². The summed E-state index contributed by atoms with van der Waals surface area (Å²) < 4.78 is 33.7. The fourth-order valence-corrected chi connectivity index (χ4v) is 11.6. The standard InChI is InChI=1S/C37H50O10/c1-19(2)33-17-21(4)36-26-29(33)45-37(46-33,47-36)24(39)16-12-7-6-9-13-20(3)25-22(5)28(43-31(40)23-14-10-8-11-15-23)35(42,27(25)36)32(41)34(18-38)30(26)44-34/h8,10-11,14-15,20-22,24-30,32,38-39,41-42H,1,6-7,9,12-13,16-18H2,2-5H3/t20-,21-,22+,24-,25+,26-,27-,28+,29-,30+,32-,33+,34+,35-,36-,37?/m1/s1. The molecule has 4 heterocycles. The minimum Gasteiger partial charge on any atom is -0.455 e. The van der Waals surface area contributed by atoms with Gasteiger partial charge in [0.2, 0.25) is 0 Å². The fourth-order valence-electron chi connectivity index (χ4n) is 11.6. The number of aliphatic hydroxyl groups excluding tert-OH is 3. The Bertz CT molecular complexity index is 1440. The van der Waals surface area contributed by atoms with Crippen LogP contribution < -0.4 is 0 Å². The number of epoxide rings is 1. The van der Waals surface area contributed by atoms with Crippen molar-refractivity contribution >= 4 is 5.97 Å². The molecule has 10 heteroatoms. The molecule has 7 aliphatic rings. The largest absolute Gasteiger partial charge is 0.455 e. The number of rotatable bonds is 4. The van der Waals surface area contributed by atoms with E-state index in [-0.39, 0.29) is 17.8 Å². The van der Waals surface area contributed by atoms with E-state index in [0.29, 0.717) is 18.4 Å². The number of carbonyl (C=O) groups is 1. The van der Waals surface area contributed by atoms with Crippen molar-refractivity contribution in [2.45, 2.75) is 132 Å². The molecule has 4 saturated heterocycles. The van der Waals surface area contributed by atoms with Crippen molar-refractivity contribution in [1.82, 2.24) is 0 Å². The number of hydrogen-bond acceptors (Lipinski definition) is 10. The quantitative estimate of drug-likeness (QED) is 0.216. The first-order valence-electron chi connectivity index (χ1n) is 17.7. The smallest absolute Gasteiger partial charge is 0.338 e. The van der Waals surface area contributed by atoms with E-state index < -0.39 is 89.2 Å². The van der Waals surface area contributed by atoms with Crippen molar-refractivity contribution < 1.29 is 48.9 Å². The van der Waals surface area contributed by atoms with Gasteiger partial charge in [0.1, 0.15) is 47.3 Å². The van der Waals surface area contributed by atoms with Crippen LogP contribution in [0.2, 0.25) is 0 Å². The van der Waals surface area contributed by atoms with Gasteiger partial charge in [-0.3, -0.25) is 0 Å². The highest BCUT2D eigenvalue weighted by atomic mass is 16.9. The van der Waals surface area contributed by atoms with Gasteiger partial charge >= 0.3 is 11.9 Å². The van der Waals surface area contributed by atoms with E-state index in [2.05, 4.69) is 20.4 Å². The van der Waals surface area contributed by atoms with Crippen LogP contribution >= 0.6 is 0 Å². The van der Waals surface area contributed by atoms with E-state index >= 15 is 0 Å². The Hall–Kier alpha value is -1.89. The first-order valence-corrected chi connectivity index (χ1v) is 17.7. The van der Waals surface area contributed by atoms with E-state index in [1.54, 1.807) is 24.3 Å². The molecule has 7 fully saturated rings. The molecule has 2 spiro atoms. The van der Waals surface area contributed by atoms with Gasteiger partial charge in [-0.25, -0.2) is 4.79 Å². The number of esters is 1. The molecule has 4 aliphatic heterocycles. The average molecular weight is 655 g/mol. The maximum absolute atomic E-state index is 13.8. The molecule has 10 nitrogen and oxygen atoms in total. The van der Waals surface area contributed by atoms with Crippen molar-refractivity contribution in [2.24, 2.45) is 35.5 Å². The van der Waals surface area contributed by atoms with Crippen LogP contribution in [0.25, 0.3) is 0 Å². The van der Waals surface area contributed by atoms with Crippen LogP contribution in [0.3, 0.4) is 0 Å². The number of ether oxygens (including phenoxy) is 5. The van der Waals surface area contributed by atoms with Gasteiger partial charge in [0.15, 0.2) is 0 Å².